The molecule has 3 rings (SSSR count). The molecule has 2 aromatic rings. The first-order valence-corrected chi connectivity index (χ1v) is 7.27. The molecule has 0 fully saturated rings. The first-order chi connectivity index (χ1) is 11.1. The van der Waals surface area contributed by atoms with Crippen LogP contribution in [0.3, 0.4) is 0 Å². The Morgan fingerprint density at radius 1 is 1.22 bits per heavy atom. The molecule has 0 aliphatic carbocycles. The summed E-state index contributed by atoms with van der Waals surface area (Å²) in [5.74, 6) is -0.350. The summed E-state index contributed by atoms with van der Waals surface area (Å²) in [6.07, 6.45) is 0. The number of amides is 1. The van der Waals surface area contributed by atoms with Gasteiger partial charge in [-0.2, -0.15) is 20.3 Å². The molecule has 1 atom stereocenters. The van der Waals surface area contributed by atoms with Crippen LogP contribution in [0.4, 0.5) is 11.4 Å². The third kappa shape index (κ3) is 3.07. The number of hydrazone groups is 1. The van der Waals surface area contributed by atoms with Gasteiger partial charge < -0.3 is 5.11 Å². The summed E-state index contributed by atoms with van der Waals surface area (Å²) in [5, 5.41) is 23.6. The SMILES string of the molecule is CC1=NN(c2ccccc2)C(=O)C1N=Nc1cc(Cl)ccc1O. The van der Waals surface area contributed by atoms with E-state index < -0.39 is 6.04 Å². The molecule has 1 amide bonds. The van der Waals surface area contributed by atoms with Gasteiger partial charge in [0.25, 0.3) is 5.91 Å². The Bertz CT molecular complexity index is 805. The van der Waals surface area contributed by atoms with Crippen molar-refractivity contribution in [3.05, 3.63) is 53.6 Å². The van der Waals surface area contributed by atoms with Crippen molar-refractivity contribution < 1.29 is 9.90 Å². The molecule has 2 aromatic carbocycles. The Hall–Kier alpha value is -2.73. The average Bonchev–Trinajstić information content (AvgIpc) is 2.84. The summed E-state index contributed by atoms with van der Waals surface area (Å²) in [7, 11) is 0. The van der Waals surface area contributed by atoms with Crippen molar-refractivity contribution in [3.63, 3.8) is 0 Å². The molecule has 1 unspecified atom stereocenters. The number of nitrogens with zero attached hydrogens (tertiary/aromatic N) is 4. The highest BCUT2D eigenvalue weighted by Gasteiger charge is 2.34. The molecule has 0 aromatic heterocycles. The summed E-state index contributed by atoms with van der Waals surface area (Å²) in [6, 6.07) is 12.7. The van der Waals surface area contributed by atoms with Gasteiger partial charge in [0, 0.05) is 5.02 Å². The lowest BCUT2D eigenvalue weighted by molar-refractivity contribution is -0.117. The van der Waals surface area contributed by atoms with Crippen LogP contribution in [0, 0.1) is 0 Å². The van der Waals surface area contributed by atoms with Crippen LogP contribution in [-0.4, -0.2) is 22.8 Å². The highest BCUT2D eigenvalue weighted by molar-refractivity contribution is 6.30. The minimum absolute atomic E-state index is 0.0573. The van der Waals surface area contributed by atoms with Gasteiger partial charge in [0.05, 0.1) is 11.4 Å². The normalized spacial score (nSPS) is 17.8. The van der Waals surface area contributed by atoms with Crippen LogP contribution in [0.2, 0.25) is 5.02 Å². The average molecular weight is 329 g/mol. The number of phenols is 1. The Morgan fingerprint density at radius 2 is 1.96 bits per heavy atom. The fraction of sp³-hybridized carbons (Fsp3) is 0.125. The predicted molar refractivity (Wildman–Crippen MR) is 88.5 cm³/mol. The van der Waals surface area contributed by atoms with Crippen molar-refractivity contribution in [2.24, 2.45) is 15.3 Å². The molecule has 0 bridgehead atoms. The lowest BCUT2D eigenvalue weighted by atomic mass is 10.2. The molecule has 1 heterocycles. The molecular formula is C16H13ClN4O2. The monoisotopic (exact) mass is 328 g/mol. The molecule has 1 aliphatic heterocycles. The molecule has 1 aliphatic rings. The van der Waals surface area contributed by atoms with Gasteiger partial charge in [-0.25, -0.2) is 0 Å². The first kappa shape index (κ1) is 15.2. The minimum atomic E-state index is -0.811. The molecule has 0 saturated carbocycles. The van der Waals surface area contributed by atoms with Gasteiger partial charge in [-0.3, -0.25) is 4.79 Å². The van der Waals surface area contributed by atoms with Crippen molar-refractivity contribution >= 4 is 34.6 Å². The number of hydrogen-bond donors (Lipinski definition) is 1. The first-order valence-electron chi connectivity index (χ1n) is 6.90. The van der Waals surface area contributed by atoms with Crippen LogP contribution in [-0.2, 0) is 4.79 Å². The molecule has 23 heavy (non-hydrogen) atoms. The smallest absolute Gasteiger partial charge is 0.280 e. The molecule has 1 N–H and O–H groups in total. The van der Waals surface area contributed by atoms with Gasteiger partial charge in [-0.15, -0.1) is 0 Å². The number of benzene rings is 2. The third-order valence-electron chi connectivity index (χ3n) is 3.32. The molecule has 0 saturated heterocycles. The van der Waals surface area contributed by atoms with Crippen LogP contribution >= 0.6 is 11.6 Å². The summed E-state index contributed by atoms with van der Waals surface area (Å²) < 4.78 is 0. The fourth-order valence-corrected chi connectivity index (χ4v) is 2.31. The molecule has 116 valence electrons. The number of anilines is 1. The predicted octanol–water partition coefficient (Wildman–Crippen LogP) is 3.92. The van der Waals surface area contributed by atoms with E-state index in [9.17, 15) is 9.90 Å². The Kier molecular flexibility index (Phi) is 4.08. The zero-order valence-corrected chi connectivity index (χ0v) is 13.0. The Morgan fingerprint density at radius 3 is 2.70 bits per heavy atom. The van der Waals surface area contributed by atoms with Gasteiger partial charge in [0.1, 0.15) is 11.4 Å². The maximum Gasteiger partial charge on any atom is 0.280 e. The van der Waals surface area contributed by atoms with Crippen molar-refractivity contribution in [1.29, 1.82) is 0 Å². The van der Waals surface area contributed by atoms with Gasteiger partial charge in [-0.05, 0) is 37.3 Å². The lowest BCUT2D eigenvalue weighted by Crippen LogP contribution is -2.29. The fourth-order valence-electron chi connectivity index (χ4n) is 2.14. The molecular weight excluding hydrogens is 316 g/mol. The number of carbonyl (C=O) groups is 1. The lowest BCUT2D eigenvalue weighted by Gasteiger charge is -2.11. The van der Waals surface area contributed by atoms with Crippen molar-refractivity contribution in [1.82, 2.24) is 0 Å². The Balaban J connectivity index is 1.85. The number of aromatic hydroxyl groups is 1. The highest BCUT2D eigenvalue weighted by Crippen LogP contribution is 2.30. The number of azo groups is 1. The van der Waals surface area contributed by atoms with Crippen LogP contribution in [0.1, 0.15) is 6.92 Å². The number of rotatable bonds is 3. The van der Waals surface area contributed by atoms with E-state index in [4.69, 9.17) is 11.6 Å². The summed E-state index contributed by atoms with van der Waals surface area (Å²) in [6.45, 7) is 1.71. The number of phenolic OH excluding ortho intramolecular Hbond substituents is 1. The van der Waals surface area contributed by atoms with Crippen molar-refractivity contribution in [2.45, 2.75) is 13.0 Å². The minimum Gasteiger partial charge on any atom is -0.506 e. The second kappa shape index (κ2) is 6.18. The molecule has 0 radical (unpaired) electrons. The van der Waals surface area contributed by atoms with E-state index in [-0.39, 0.29) is 17.3 Å². The molecule has 6 nitrogen and oxygen atoms in total. The van der Waals surface area contributed by atoms with E-state index in [1.165, 1.54) is 17.1 Å². The third-order valence-corrected chi connectivity index (χ3v) is 3.55. The highest BCUT2D eigenvalue weighted by atomic mass is 35.5. The molecule has 7 heteroatoms. The second-order valence-electron chi connectivity index (χ2n) is 4.98. The van der Waals surface area contributed by atoms with Crippen molar-refractivity contribution in [3.8, 4) is 5.75 Å². The number of halogens is 1. The van der Waals surface area contributed by atoms with Crippen LogP contribution in [0.5, 0.6) is 5.75 Å². The van der Waals surface area contributed by atoms with Crippen molar-refractivity contribution in [2.75, 3.05) is 5.01 Å². The van der Waals surface area contributed by atoms with Crippen LogP contribution in [0.25, 0.3) is 0 Å². The standard InChI is InChI=1S/C16H13ClN4O2/c1-10-15(19-18-13-9-11(17)7-8-14(13)22)16(23)21(20-10)12-5-3-2-4-6-12/h2-9,15,22H,1H3. The Labute approximate surface area is 137 Å². The quantitative estimate of drug-likeness (QED) is 0.867. The van der Waals surface area contributed by atoms with E-state index in [2.05, 4.69) is 15.3 Å². The maximum atomic E-state index is 12.5. The van der Waals surface area contributed by atoms with Gasteiger partial charge in [0.2, 0.25) is 0 Å². The maximum absolute atomic E-state index is 12.5. The summed E-state index contributed by atoms with van der Waals surface area (Å²) in [4.78, 5) is 12.5. The van der Waals surface area contributed by atoms with E-state index in [0.29, 0.717) is 16.4 Å². The second-order valence-corrected chi connectivity index (χ2v) is 5.41. The van der Waals surface area contributed by atoms with Gasteiger partial charge in [0.15, 0.2) is 6.04 Å². The van der Waals surface area contributed by atoms with E-state index in [1.807, 2.05) is 18.2 Å². The summed E-state index contributed by atoms with van der Waals surface area (Å²) in [5.41, 5.74) is 1.40. The number of carbonyl (C=O) groups excluding carboxylic acids is 1. The molecule has 0 spiro atoms. The number of para-hydroxylation sites is 1. The van der Waals surface area contributed by atoms with E-state index >= 15 is 0 Å². The number of hydrogen-bond acceptors (Lipinski definition) is 5. The zero-order chi connectivity index (χ0) is 16.4. The van der Waals surface area contributed by atoms with E-state index in [1.54, 1.807) is 25.1 Å². The van der Waals surface area contributed by atoms with Gasteiger partial charge in [-0.1, -0.05) is 29.8 Å². The topological polar surface area (TPSA) is 77.6 Å². The zero-order valence-electron chi connectivity index (χ0n) is 12.2. The van der Waals surface area contributed by atoms with E-state index in [0.717, 1.165) is 0 Å². The summed E-state index contributed by atoms with van der Waals surface area (Å²) >= 11 is 5.86. The van der Waals surface area contributed by atoms with Crippen LogP contribution < -0.4 is 5.01 Å². The van der Waals surface area contributed by atoms with Crippen LogP contribution in [0.15, 0.2) is 63.9 Å². The largest absolute Gasteiger partial charge is 0.506 e. The van der Waals surface area contributed by atoms with Gasteiger partial charge >= 0.3 is 0 Å².